The maximum Gasteiger partial charge on any atom is 0.337 e. The Balaban J connectivity index is 0.000000175. The summed E-state index contributed by atoms with van der Waals surface area (Å²) in [5.74, 6) is -0.693. The molecule has 22 heteroatoms. The number of ketones is 1. The normalized spacial score (nSPS) is 15.3. The fourth-order valence-electron chi connectivity index (χ4n) is 4.77. The average molecular weight is 644 g/mol. The molecule has 2 aliphatic carbocycles. The Hall–Kier alpha value is -6.16. The number of allylic oxidation sites excluding steroid dienone is 2. The van der Waals surface area contributed by atoms with Gasteiger partial charge in [-0.05, 0) is 11.1 Å². The first kappa shape index (κ1) is 29.3. The summed E-state index contributed by atoms with van der Waals surface area (Å²) in [5, 5.41) is 64.7. The second-order valence-electron chi connectivity index (χ2n) is 8.87. The molecular weight excluding hydrogens is 636 g/mol. The zero-order chi connectivity index (χ0) is 32.4. The van der Waals surface area contributed by atoms with Gasteiger partial charge in [-0.1, -0.05) is 11.3 Å². The SMILES string of the molecule is O=C1c2cc([N+](=O)[O-])sc2-c2c1cc([N+](=O)[O-])cc2[N+](=O)[O-].O=[N+]([O-])C1=CC2=C(c3c(cc([N+](=O)[O-])cc3[N+](=O)[O-])C2)S1=O. The lowest BCUT2D eigenvalue weighted by atomic mass is 10.1. The maximum atomic E-state index is 12.2. The molecule has 20 nitrogen and oxygen atoms in total. The van der Waals surface area contributed by atoms with Crippen LogP contribution in [0.4, 0.5) is 27.8 Å². The van der Waals surface area contributed by atoms with Gasteiger partial charge in [-0.25, -0.2) is 4.21 Å². The van der Waals surface area contributed by atoms with Crippen LogP contribution >= 0.6 is 11.3 Å². The summed E-state index contributed by atoms with van der Waals surface area (Å²) in [6, 6.07) is 4.65. The van der Waals surface area contributed by atoms with Gasteiger partial charge in [-0.15, -0.1) is 0 Å². The first-order valence-corrected chi connectivity index (χ1v) is 13.4. The molecule has 6 rings (SSSR count). The van der Waals surface area contributed by atoms with Crippen LogP contribution in [0.3, 0.4) is 0 Å². The lowest BCUT2D eigenvalue weighted by Crippen LogP contribution is -2.06. The number of thiophene rings is 1. The smallest absolute Gasteiger partial charge is 0.289 e. The highest BCUT2D eigenvalue weighted by atomic mass is 32.2. The molecule has 0 N–H and O–H groups in total. The Labute approximate surface area is 245 Å². The first-order chi connectivity index (χ1) is 20.6. The van der Waals surface area contributed by atoms with Gasteiger partial charge in [-0.3, -0.25) is 65.5 Å². The number of nitro benzene ring substituents is 4. The maximum absolute atomic E-state index is 12.2. The molecule has 0 fully saturated rings. The zero-order valence-electron chi connectivity index (χ0n) is 20.9. The van der Waals surface area contributed by atoms with Gasteiger partial charge in [0.2, 0.25) is 0 Å². The van der Waals surface area contributed by atoms with Gasteiger partial charge in [0, 0.05) is 41.8 Å². The molecule has 1 aliphatic heterocycles. The Morgan fingerprint density at radius 3 is 1.75 bits per heavy atom. The summed E-state index contributed by atoms with van der Waals surface area (Å²) >= 11 is 0.628. The molecule has 0 bridgehead atoms. The number of hydrogen-bond acceptors (Lipinski definition) is 15. The third-order valence-electron chi connectivity index (χ3n) is 6.47. The lowest BCUT2D eigenvalue weighted by Gasteiger charge is -2.04. The number of hydrogen-bond donors (Lipinski definition) is 0. The molecule has 222 valence electrons. The van der Waals surface area contributed by atoms with Crippen molar-refractivity contribution in [1.29, 1.82) is 0 Å². The summed E-state index contributed by atoms with van der Waals surface area (Å²) in [5.41, 5.74) is -1.97. The second-order valence-corrected chi connectivity index (χ2v) is 11.3. The Morgan fingerprint density at radius 1 is 0.659 bits per heavy atom. The van der Waals surface area contributed by atoms with Crippen LogP contribution in [0.15, 0.2) is 47.0 Å². The van der Waals surface area contributed by atoms with Crippen molar-refractivity contribution in [3.63, 3.8) is 0 Å². The van der Waals surface area contributed by atoms with Crippen molar-refractivity contribution in [1.82, 2.24) is 0 Å². The van der Waals surface area contributed by atoms with Gasteiger partial charge >= 0.3 is 10.0 Å². The van der Waals surface area contributed by atoms with Crippen LogP contribution in [0, 0.1) is 60.7 Å². The molecule has 0 radical (unpaired) electrons. The molecule has 0 amide bonds. The predicted octanol–water partition coefficient (Wildman–Crippen LogP) is 4.33. The van der Waals surface area contributed by atoms with Crippen molar-refractivity contribution in [2.75, 3.05) is 0 Å². The predicted molar refractivity (Wildman–Crippen MR) is 147 cm³/mol. The van der Waals surface area contributed by atoms with E-state index in [1.165, 1.54) is 0 Å². The van der Waals surface area contributed by atoms with Gasteiger partial charge in [-0.2, -0.15) is 0 Å². The van der Waals surface area contributed by atoms with Crippen molar-refractivity contribution in [3.8, 4) is 10.4 Å². The van der Waals surface area contributed by atoms with Crippen molar-refractivity contribution in [3.05, 3.63) is 130 Å². The van der Waals surface area contributed by atoms with E-state index in [-0.39, 0.29) is 49.0 Å². The number of carbonyl (C=O) groups is 1. The Bertz CT molecular complexity index is 2060. The number of benzene rings is 2. The molecule has 1 aromatic heterocycles. The van der Waals surface area contributed by atoms with E-state index in [2.05, 4.69) is 0 Å². The molecule has 0 saturated heterocycles. The summed E-state index contributed by atoms with van der Waals surface area (Å²) in [7, 11) is -2.13. The van der Waals surface area contributed by atoms with Crippen LogP contribution in [-0.2, 0) is 17.2 Å². The number of rotatable bonds is 6. The zero-order valence-corrected chi connectivity index (χ0v) is 22.5. The molecule has 0 saturated carbocycles. The fraction of sp³-hybridized carbons (Fsp3) is 0.0455. The fourth-order valence-corrected chi connectivity index (χ4v) is 7.19. The molecule has 0 spiro atoms. The van der Waals surface area contributed by atoms with Gasteiger partial charge in [0.1, 0.15) is 0 Å². The largest absolute Gasteiger partial charge is 0.337 e. The number of nitrogens with zero attached hydrogens (tertiary/aromatic N) is 6. The molecular formula is C22H8N6O14S2. The average Bonchev–Trinajstić information content (AvgIpc) is 3.68. The van der Waals surface area contributed by atoms with Crippen molar-refractivity contribution < 1.29 is 38.5 Å². The van der Waals surface area contributed by atoms with Crippen LogP contribution < -0.4 is 0 Å². The molecule has 3 aliphatic rings. The number of carbonyl (C=O) groups excluding carboxylic acids is 1. The van der Waals surface area contributed by atoms with E-state index in [0.717, 1.165) is 36.4 Å². The number of non-ortho nitro benzene ring substituents is 2. The number of nitro groups is 6. The third-order valence-corrected chi connectivity index (χ3v) is 9.06. The summed E-state index contributed by atoms with van der Waals surface area (Å²) in [6.45, 7) is 0. The van der Waals surface area contributed by atoms with Crippen LogP contribution in [0.2, 0.25) is 0 Å². The van der Waals surface area contributed by atoms with Gasteiger partial charge in [0.15, 0.2) is 16.6 Å². The summed E-state index contributed by atoms with van der Waals surface area (Å²) < 4.78 is 12.2. The van der Waals surface area contributed by atoms with E-state index < -0.39 is 73.9 Å². The highest BCUT2D eigenvalue weighted by Crippen LogP contribution is 2.50. The minimum Gasteiger partial charge on any atom is -0.289 e. The highest BCUT2D eigenvalue weighted by Gasteiger charge is 2.43. The van der Waals surface area contributed by atoms with Crippen molar-refractivity contribution in [2.24, 2.45) is 0 Å². The molecule has 2 heterocycles. The second kappa shape index (κ2) is 10.3. The van der Waals surface area contributed by atoms with E-state index in [1.54, 1.807) is 0 Å². The van der Waals surface area contributed by atoms with Crippen molar-refractivity contribution >= 4 is 60.6 Å². The van der Waals surface area contributed by atoms with E-state index in [9.17, 15) is 69.7 Å². The quantitative estimate of drug-likeness (QED) is 0.208. The topological polar surface area (TPSA) is 293 Å². The Morgan fingerprint density at radius 2 is 1.23 bits per heavy atom. The van der Waals surface area contributed by atoms with Crippen molar-refractivity contribution in [2.45, 2.75) is 6.42 Å². The molecule has 3 aromatic rings. The Kier molecular flexibility index (Phi) is 6.86. The molecule has 1 unspecified atom stereocenters. The van der Waals surface area contributed by atoms with Crippen LogP contribution in [0.1, 0.15) is 27.0 Å². The molecule has 1 atom stereocenters. The van der Waals surface area contributed by atoms with E-state index in [1.807, 2.05) is 0 Å². The monoisotopic (exact) mass is 644 g/mol. The molecule has 44 heavy (non-hydrogen) atoms. The van der Waals surface area contributed by atoms with E-state index in [0.29, 0.717) is 16.9 Å². The minimum atomic E-state index is -2.13. The number of fused-ring (bicyclic) bond motifs is 5. The lowest BCUT2D eigenvalue weighted by molar-refractivity contribution is -0.410. The van der Waals surface area contributed by atoms with Gasteiger partial charge in [0.05, 0.1) is 62.6 Å². The van der Waals surface area contributed by atoms with E-state index >= 15 is 0 Å². The third kappa shape index (κ3) is 4.54. The standard InChI is InChI=1S/C11H5N3O7S.C11H3N3O7S/c15-12(16)7-2-5-1-6-3-9(14(19)20)22(21)11(6)10(5)8(4-7)13(17)18;15-10-5-1-4(12(16)17)2-7(13(18)19)9(5)11-6(10)3-8(22-11)14(20)21/h2-4H,1H2;1-3H. The summed E-state index contributed by atoms with van der Waals surface area (Å²) in [4.78, 5) is 73.1. The summed E-state index contributed by atoms with van der Waals surface area (Å²) in [6.07, 6.45) is 1.15. The van der Waals surface area contributed by atoms with Crippen LogP contribution in [-0.4, -0.2) is 39.5 Å². The molecule has 2 aromatic carbocycles. The van der Waals surface area contributed by atoms with Gasteiger partial charge < -0.3 is 0 Å². The van der Waals surface area contributed by atoms with Crippen LogP contribution in [0.25, 0.3) is 15.3 Å². The first-order valence-electron chi connectivity index (χ1n) is 11.4. The minimum absolute atomic E-state index is 0.00305. The highest BCUT2D eigenvalue weighted by molar-refractivity contribution is 7.98. The van der Waals surface area contributed by atoms with E-state index in [4.69, 9.17) is 0 Å². The van der Waals surface area contributed by atoms with Gasteiger partial charge in [0.25, 0.3) is 22.7 Å². The van der Waals surface area contributed by atoms with Crippen LogP contribution in [0.5, 0.6) is 0 Å².